The van der Waals surface area contributed by atoms with Crippen LogP contribution in [0.3, 0.4) is 0 Å². The molecule has 1 aromatic rings. The van der Waals surface area contributed by atoms with Crippen LogP contribution in [-0.2, 0) is 6.42 Å². The lowest BCUT2D eigenvalue weighted by molar-refractivity contribution is -0.274. The Balaban J connectivity index is 1.88. The molecule has 1 saturated heterocycles. The SMILES string of the molecule is C=C1NC(Cc2ccccc2OC(F)(F)F)=NC(N2CCC(O)CC2)=C1C#N. The molecule has 0 amide bonds. The number of hydrogen-bond acceptors (Lipinski definition) is 6. The van der Waals surface area contributed by atoms with Crippen LogP contribution in [-0.4, -0.2) is 41.4 Å². The molecule has 0 aliphatic carbocycles. The summed E-state index contributed by atoms with van der Waals surface area (Å²) < 4.78 is 42.0. The molecule has 0 spiro atoms. The Labute approximate surface area is 160 Å². The van der Waals surface area contributed by atoms with Crippen molar-refractivity contribution in [2.24, 2.45) is 4.99 Å². The zero-order valence-electron chi connectivity index (χ0n) is 15.0. The van der Waals surface area contributed by atoms with E-state index in [1.807, 2.05) is 4.90 Å². The van der Waals surface area contributed by atoms with Gasteiger partial charge < -0.3 is 20.1 Å². The number of benzene rings is 1. The van der Waals surface area contributed by atoms with Crippen molar-refractivity contribution in [1.82, 2.24) is 10.2 Å². The maximum Gasteiger partial charge on any atom is 0.573 e. The third-order valence-electron chi connectivity index (χ3n) is 4.49. The molecule has 1 fully saturated rings. The number of likely N-dealkylation sites (tertiary alicyclic amines) is 1. The number of rotatable bonds is 4. The molecule has 2 aliphatic heterocycles. The first kappa shape index (κ1) is 19.8. The molecule has 6 nitrogen and oxygen atoms in total. The van der Waals surface area contributed by atoms with Gasteiger partial charge in [-0.2, -0.15) is 5.26 Å². The van der Waals surface area contributed by atoms with Gasteiger partial charge in [-0.1, -0.05) is 24.8 Å². The second-order valence-corrected chi connectivity index (χ2v) is 6.52. The van der Waals surface area contributed by atoms with Gasteiger partial charge >= 0.3 is 6.36 Å². The van der Waals surface area contributed by atoms with Gasteiger partial charge in [0.15, 0.2) is 5.82 Å². The highest BCUT2D eigenvalue weighted by atomic mass is 19.4. The Bertz CT molecular complexity index is 863. The van der Waals surface area contributed by atoms with Crippen LogP contribution >= 0.6 is 0 Å². The van der Waals surface area contributed by atoms with Gasteiger partial charge in [-0.25, -0.2) is 4.99 Å². The minimum Gasteiger partial charge on any atom is -0.405 e. The maximum atomic E-state index is 12.6. The molecule has 2 heterocycles. The number of aliphatic imine (C=N–C) groups is 1. The van der Waals surface area contributed by atoms with Gasteiger partial charge in [-0.3, -0.25) is 0 Å². The molecule has 28 heavy (non-hydrogen) atoms. The van der Waals surface area contributed by atoms with E-state index >= 15 is 0 Å². The number of amidine groups is 1. The van der Waals surface area contributed by atoms with Crippen LogP contribution in [0.4, 0.5) is 13.2 Å². The van der Waals surface area contributed by atoms with Crippen LogP contribution in [0.25, 0.3) is 0 Å². The third-order valence-corrected chi connectivity index (χ3v) is 4.49. The Morgan fingerprint density at radius 2 is 2.00 bits per heavy atom. The van der Waals surface area contributed by atoms with Gasteiger partial charge in [0.05, 0.1) is 11.8 Å². The highest BCUT2D eigenvalue weighted by molar-refractivity contribution is 5.89. The Hall–Kier alpha value is -2.99. The molecule has 0 atom stereocenters. The number of ether oxygens (including phenoxy) is 1. The predicted octanol–water partition coefficient (Wildman–Crippen LogP) is 2.83. The molecule has 9 heteroatoms. The van der Waals surface area contributed by atoms with E-state index in [2.05, 4.69) is 27.7 Å². The maximum absolute atomic E-state index is 12.6. The minimum atomic E-state index is -4.80. The first-order valence-corrected chi connectivity index (χ1v) is 8.71. The fraction of sp³-hybridized carbons (Fsp3) is 0.368. The zero-order valence-corrected chi connectivity index (χ0v) is 15.0. The van der Waals surface area contributed by atoms with Crippen molar-refractivity contribution >= 4 is 5.84 Å². The zero-order chi connectivity index (χ0) is 20.3. The highest BCUT2D eigenvalue weighted by Crippen LogP contribution is 2.29. The smallest absolute Gasteiger partial charge is 0.405 e. The number of piperidine rings is 1. The van der Waals surface area contributed by atoms with Crippen molar-refractivity contribution in [3.63, 3.8) is 0 Å². The van der Waals surface area contributed by atoms with Crippen LogP contribution in [0.5, 0.6) is 5.75 Å². The topological polar surface area (TPSA) is 80.9 Å². The Morgan fingerprint density at radius 1 is 1.32 bits per heavy atom. The molecular formula is C19H19F3N4O2. The van der Waals surface area contributed by atoms with E-state index in [9.17, 15) is 23.5 Å². The minimum absolute atomic E-state index is 0.0456. The van der Waals surface area contributed by atoms with Gasteiger partial charge in [0, 0.05) is 25.1 Å². The molecule has 0 bridgehead atoms. The summed E-state index contributed by atoms with van der Waals surface area (Å²) in [6.07, 6.45) is -4.04. The first-order valence-electron chi connectivity index (χ1n) is 8.71. The summed E-state index contributed by atoms with van der Waals surface area (Å²) in [6, 6.07) is 7.90. The largest absolute Gasteiger partial charge is 0.573 e. The van der Waals surface area contributed by atoms with E-state index in [1.165, 1.54) is 18.2 Å². The molecule has 148 valence electrons. The normalized spacial score (nSPS) is 18.5. The summed E-state index contributed by atoms with van der Waals surface area (Å²) in [5, 5.41) is 22.1. The van der Waals surface area contributed by atoms with Crippen molar-refractivity contribution in [2.75, 3.05) is 13.1 Å². The van der Waals surface area contributed by atoms with Crippen molar-refractivity contribution in [1.29, 1.82) is 5.26 Å². The van der Waals surface area contributed by atoms with Gasteiger partial charge in [0.25, 0.3) is 0 Å². The van der Waals surface area contributed by atoms with Crippen LogP contribution in [0.2, 0.25) is 0 Å². The summed E-state index contributed by atoms with van der Waals surface area (Å²) in [6.45, 7) is 4.90. The summed E-state index contributed by atoms with van der Waals surface area (Å²) in [5.41, 5.74) is 0.913. The lowest BCUT2D eigenvalue weighted by atomic mass is 10.1. The van der Waals surface area contributed by atoms with E-state index in [0.29, 0.717) is 48.8 Å². The van der Waals surface area contributed by atoms with E-state index in [0.717, 1.165) is 0 Å². The van der Waals surface area contributed by atoms with Crippen LogP contribution in [0.1, 0.15) is 18.4 Å². The molecule has 0 radical (unpaired) electrons. The molecule has 0 saturated carbocycles. The van der Waals surface area contributed by atoms with Crippen LogP contribution in [0.15, 0.2) is 52.9 Å². The summed E-state index contributed by atoms with van der Waals surface area (Å²) in [4.78, 5) is 6.36. The van der Waals surface area contributed by atoms with E-state index in [1.54, 1.807) is 6.07 Å². The fourth-order valence-electron chi connectivity index (χ4n) is 3.15. The van der Waals surface area contributed by atoms with Gasteiger partial charge in [-0.05, 0) is 18.9 Å². The number of para-hydroxylation sites is 1. The summed E-state index contributed by atoms with van der Waals surface area (Å²) >= 11 is 0. The first-order chi connectivity index (χ1) is 13.3. The van der Waals surface area contributed by atoms with E-state index in [4.69, 9.17) is 0 Å². The number of nitrogens with one attached hydrogen (secondary N) is 1. The molecule has 0 aromatic heterocycles. The predicted molar refractivity (Wildman–Crippen MR) is 96.0 cm³/mol. The molecular weight excluding hydrogens is 373 g/mol. The number of nitriles is 1. The monoisotopic (exact) mass is 392 g/mol. The number of nitrogens with zero attached hydrogens (tertiary/aromatic N) is 3. The molecule has 3 rings (SSSR count). The van der Waals surface area contributed by atoms with Crippen molar-refractivity contribution in [2.45, 2.75) is 31.7 Å². The molecule has 2 N–H and O–H groups in total. The lowest BCUT2D eigenvalue weighted by Crippen LogP contribution is -2.39. The average molecular weight is 392 g/mol. The number of allylic oxidation sites excluding steroid dienone is 1. The Kier molecular flexibility index (Phi) is 5.61. The molecule has 0 unspecified atom stereocenters. The van der Waals surface area contributed by atoms with Crippen LogP contribution in [0, 0.1) is 11.3 Å². The third kappa shape index (κ3) is 4.64. The summed E-state index contributed by atoms with van der Waals surface area (Å²) in [7, 11) is 0. The number of hydrogen-bond donors (Lipinski definition) is 2. The van der Waals surface area contributed by atoms with E-state index < -0.39 is 6.36 Å². The Morgan fingerprint density at radius 3 is 2.64 bits per heavy atom. The molecule has 1 aromatic carbocycles. The summed E-state index contributed by atoms with van der Waals surface area (Å²) in [5.74, 6) is 0.480. The fourth-order valence-corrected chi connectivity index (χ4v) is 3.15. The van der Waals surface area contributed by atoms with Crippen molar-refractivity contribution in [3.05, 3.63) is 53.5 Å². The second kappa shape index (κ2) is 7.94. The number of aliphatic hydroxyl groups is 1. The quantitative estimate of drug-likeness (QED) is 0.824. The molecule has 2 aliphatic rings. The average Bonchev–Trinajstić information content (AvgIpc) is 2.62. The van der Waals surface area contributed by atoms with Crippen LogP contribution < -0.4 is 10.1 Å². The van der Waals surface area contributed by atoms with Crippen molar-refractivity contribution < 1.29 is 23.0 Å². The second-order valence-electron chi connectivity index (χ2n) is 6.52. The standard InChI is InChI=1S/C19H19F3N4O2/c1-12-15(11-23)18(26-8-6-14(27)7-9-26)25-17(24-12)10-13-4-2-3-5-16(13)28-19(20,21)22/h2-5,14,27H,1,6-10H2,(H,24,25). The van der Waals surface area contributed by atoms with E-state index in [-0.39, 0.29) is 23.8 Å². The van der Waals surface area contributed by atoms with Gasteiger partial charge in [-0.15, -0.1) is 13.2 Å². The van der Waals surface area contributed by atoms with Gasteiger partial charge in [0.2, 0.25) is 0 Å². The number of alkyl halides is 3. The number of halogens is 3. The number of aliphatic hydroxyl groups excluding tert-OH is 1. The van der Waals surface area contributed by atoms with Crippen molar-refractivity contribution in [3.8, 4) is 11.8 Å². The highest BCUT2D eigenvalue weighted by Gasteiger charge is 2.32. The van der Waals surface area contributed by atoms with Gasteiger partial charge in [0.1, 0.15) is 23.2 Å². The lowest BCUT2D eigenvalue weighted by Gasteiger charge is -2.34.